The molecule has 2 aliphatic rings. The Labute approximate surface area is 214 Å². The van der Waals surface area contributed by atoms with E-state index >= 15 is 0 Å². The summed E-state index contributed by atoms with van der Waals surface area (Å²) in [7, 11) is -3.80. The summed E-state index contributed by atoms with van der Waals surface area (Å²) in [6.45, 7) is 6.91. The molecule has 1 aromatic carbocycles. The minimum Gasteiger partial charge on any atom is -0.444 e. The minimum absolute atomic E-state index is 0.285. The molecule has 1 N–H and O–H groups in total. The van der Waals surface area contributed by atoms with Gasteiger partial charge in [0.1, 0.15) is 11.6 Å². The zero-order valence-corrected chi connectivity index (χ0v) is 22.2. The van der Waals surface area contributed by atoms with E-state index in [0.29, 0.717) is 41.7 Å². The number of sulfonamides is 1. The monoisotopic (exact) mass is 537 g/mol. The number of halogens is 1. The molecule has 188 valence electrons. The fraction of sp³-hybridized carbons (Fsp3) is 0.417. The highest BCUT2D eigenvalue weighted by atomic mass is 35.5. The Balaban J connectivity index is 1.40. The van der Waals surface area contributed by atoms with Gasteiger partial charge in [-0.15, -0.1) is 11.3 Å². The molecule has 1 atom stereocenters. The number of benzene rings is 1. The average Bonchev–Trinajstić information content (AvgIpc) is 3.35. The standard InChI is InChI=1S/C24H28ClN3O5S2/c1-24(2,3)33-23(30)27-11-8-16-14-18(5-4-17(16)15-27)28-12-9-20(22(28)29)26-35(31,32)13-10-19-6-7-21(25)34-19/h4-7,10,13-14,20,26H,8-9,11-12,15H2,1-3H3/t20-/m0/s1. The van der Waals surface area contributed by atoms with Crippen LogP contribution in [0.5, 0.6) is 0 Å². The van der Waals surface area contributed by atoms with Gasteiger partial charge in [-0.05, 0) is 75.1 Å². The third-order valence-corrected chi connectivity index (χ3v) is 7.99. The molecule has 3 heterocycles. The van der Waals surface area contributed by atoms with Crippen molar-refractivity contribution in [3.05, 3.63) is 56.1 Å². The molecule has 0 unspecified atom stereocenters. The second kappa shape index (κ2) is 9.93. The molecule has 1 fully saturated rings. The van der Waals surface area contributed by atoms with E-state index in [-0.39, 0.29) is 12.0 Å². The molecule has 0 spiro atoms. The average molecular weight is 538 g/mol. The van der Waals surface area contributed by atoms with E-state index in [1.165, 1.54) is 17.4 Å². The lowest BCUT2D eigenvalue weighted by atomic mass is 9.99. The number of amides is 2. The molecular weight excluding hydrogens is 510 g/mol. The number of anilines is 1. The Morgan fingerprint density at radius 2 is 1.97 bits per heavy atom. The predicted molar refractivity (Wildman–Crippen MR) is 138 cm³/mol. The lowest BCUT2D eigenvalue weighted by Crippen LogP contribution is -2.41. The van der Waals surface area contributed by atoms with Crippen LogP contribution in [0, 0.1) is 0 Å². The Kier molecular flexibility index (Phi) is 7.28. The molecule has 0 aliphatic carbocycles. The lowest BCUT2D eigenvalue weighted by molar-refractivity contribution is -0.118. The van der Waals surface area contributed by atoms with Gasteiger partial charge in [-0.2, -0.15) is 4.72 Å². The number of rotatable bonds is 5. The number of hydrogen-bond donors (Lipinski definition) is 1. The second-order valence-corrected chi connectivity index (χ2v) is 12.9. The van der Waals surface area contributed by atoms with Crippen LogP contribution in [0.4, 0.5) is 10.5 Å². The summed E-state index contributed by atoms with van der Waals surface area (Å²) in [6, 6.07) is 8.31. The zero-order chi connectivity index (χ0) is 25.4. The van der Waals surface area contributed by atoms with Gasteiger partial charge in [-0.25, -0.2) is 13.2 Å². The summed E-state index contributed by atoms with van der Waals surface area (Å²) in [5.74, 6) is -0.285. The van der Waals surface area contributed by atoms with Gasteiger partial charge in [-0.3, -0.25) is 4.79 Å². The van der Waals surface area contributed by atoms with Crippen molar-refractivity contribution in [1.29, 1.82) is 0 Å². The summed E-state index contributed by atoms with van der Waals surface area (Å²) in [5, 5.41) is 1.06. The second-order valence-electron chi connectivity index (χ2n) is 9.54. The van der Waals surface area contributed by atoms with Gasteiger partial charge < -0.3 is 14.5 Å². The van der Waals surface area contributed by atoms with Crippen molar-refractivity contribution in [2.45, 2.75) is 51.8 Å². The predicted octanol–water partition coefficient (Wildman–Crippen LogP) is 4.39. The van der Waals surface area contributed by atoms with E-state index in [0.717, 1.165) is 22.2 Å². The van der Waals surface area contributed by atoms with Crippen LogP contribution in [0.1, 0.15) is 43.2 Å². The molecular formula is C24H28ClN3O5S2. The SMILES string of the molecule is CC(C)(C)OC(=O)N1CCc2cc(N3CC[C@H](NS(=O)(=O)C=Cc4ccc(Cl)s4)C3=O)ccc2C1. The van der Waals surface area contributed by atoms with Crippen LogP contribution in [-0.4, -0.2) is 50.1 Å². The van der Waals surface area contributed by atoms with Crippen molar-refractivity contribution in [3.63, 3.8) is 0 Å². The third kappa shape index (κ3) is 6.43. The van der Waals surface area contributed by atoms with Crippen molar-refractivity contribution in [2.24, 2.45) is 0 Å². The van der Waals surface area contributed by atoms with Crippen molar-refractivity contribution >= 4 is 56.7 Å². The third-order valence-electron chi connectivity index (χ3n) is 5.68. The first kappa shape index (κ1) is 25.7. The van der Waals surface area contributed by atoms with Crippen molar-refractivity contribution < 1.29 is 22.7 Å². The molecule has 1 aromatic heterocycles. The summed E-state index contributed by atoms with van der Waals surface area (Å²) >= 11 is 7.14. The molecule has 2 aliphatic heterocycles. The number of carbonyl (C=O) groups excluding carboxylic acids is 2. The number of ether oxygens (including phenoxy) is 1. The first-order valence-corrected chi connectivity index (χ1v) is 14.0. The molecule has 35 heavy (non-hydrogen) atoms. The maximum absolute atomic E-state index is 13.0. The van der Waals surface area contributed by atoms with Crippen LogP contribution in [0.2, 0.25) is 4.34 Å². The molecule has 2 amide bonds. The van der Waals surface area contributed by atoms with Gasteiger partial charge in [-0.1, -0.05) is 17.7 Å². The summed E-state index contributed by atoms with van der Waals surface area (Å²) < 4.78 is 33.5. The van der Waals surface area contributed by atoms with Gasteiger partial charge in [0.05, 0.1) is 4.34 Å². The smallest absolute Gasteiger partial charge is 0.410 e. The van der Waals surface area contributed by atoms with E-state index < -0.39 is 21.7 Å². The molecule has 2 aromatic rings. The molecule has 8 nitrogen and oxygen atoms in total. The van der Waals surface area contributed by atoms with Crippen molar-refractivity contribution in [2.75, 3.05) is 18.0 Å². The lowest BCUT2D eigenvalue weighted by Gasteiger charge is -2.31. The largest absolute Gasteiger partial charge is 0.444 e. The zero-order valence-electron chi connectivity index (χ0n) is 19.8. The Morgan fingerprint density at radius 1 is 1.20 bits per heavy atom. The van der Waals surface area contributed by atoms with Crippen LogP contribution < -0.4 is 9.62 Å². The van der Waals surface area contributed by atoms with Crippen LogP contribution in [-0.2, 0) is 32.5 Å². The fourth-order valence-corrected chi connectivity index (χ4v) is 6.12. The van der Waals surface area contributed by atoms with Crippen LogP contribution in [0.25, 0.3) is 6.08 Å². The van der Waals surface area contributed by atoms with Crippen molar-refractivity contribution in [1.82, 2.24) is 9.62 Å². The van der Waals surface area contributed by atoms with Gasteiger partial charge >= 0.3 is 6.09 Å². The Bertz CT molecular complexity index is 1270. The summed E-state index contributed by atoms with van der Waals surface area (Å²) in [4.78, 5) is 29.4. The molecule has 0 radical (unpaired) electrons. The highest BCUT2D eigenvalue weighted by molar-refractivity contribution is 7.92. The summed E-state index contributed by atoms with van der Waals surface area (Å²) in [5.41, 5.74) is 2.25. The topological polar surface area (TPSA) is 96.0 Å². The van der Waals surface area contributed by atoms with Gasteiger partial charge in [0.25, 0.3) is 0 Å². The normalized spacial score (nSPS) is 18.9. The maximum Gasteiger partial charge on any atom is 0.410 e. The van der Waals surface area contributed by atoms with Crippen LogP contribution >= 0.6 is 22.9 Å². The minimum atomic E-state index is -3.80. The fourth-order valence-electron chi connectivity index (χ4n) is 4.05. The molecule has 0 bridgehead atoms. The Hall–Kier alpha value is -2.40. The van der Waals surface area contributed by atoms with E-state index in [9.17, 15) is 18.0 Å². The Morgan fingerprint density at radius 3 is 2.66 bits per heavy atom. The summed E-state index contributed by atoms with van der Waals surface area (Å²) in [6.07, 6.45) is 2.14. The molecule has 1 saturated heterocycles. The number of carbonyl (C=O) groups is 2. The van der Waals surface area contributed by atoms with Gasteiger partial charge in [0.15, 0.2) is 0 Å². The van der Waals surface area contributed by atoms with Crippen molar-refractivity contribution in [3.8, 4) is 0 Å². The molecule has 11 heteroatoms. The van der Waals surface area contributed by atoms with Gasteiger partial charge in [0, 0.05) is 35.6 Å². The molecule has 4 rings (SSSR count). The highest BCUT2D eigenvalue weighted by Crippen LogP contribution is 2.29. The maximum atomic E-state index is 13.0. The van der Waals surface area contributed by atoms with Gasteiger partial charge in [0.2, 0.25) is 15.9 Å². The number of thiophene rings is 1. The van der Waals surface area contributed by atoms with Crippen LogP contribution in [0.15, 0.2) is 35.7 Å². The quantitative estimate of drug-likeness (QED) is 0.610. The number of nitrogens with zero attached hydrogens (tertiary/aromatic N) is 2. The van der Waals surface area contributed by atoms with Crippen LogP contribution in [0.3, 0.4) is 0 Å². The van der Waals surface area contributed by atoms with E-state index in [1.807, 2.05) is 39.0 Å². The highest BCUT2D eigenvalue weighted by Gasteiger charge is 2.35. The number of nitrogens with one attached hydrogen (secondary N) is 1. The first-order valence-electron chi connectivity index (χ1n) is 11.3. The van der Waals surface area contributed by atoms with E-state index in [2.05, 4.69) is 4.72 Å². The van der Waals surface area contributed by atoms with E-state index in [1.54, 1.807) is 21.9 Å². The van der Waals surface area contributed by atoms with E-state index in [4.69, 9.17) is 16.3 Å². The number of hydrogen-bond acceptors (Lipinski definition) is 6. The first-order chi connectivity index (χ1) is 16.4. The number of fused-ring (bicyclic) bond motifs is 1. The molecule has 0 saturated carbocycles.